The molecule has 112 valence electrons. The predicted molar refractivity (Wildman–Crippen MR) is 64.8 cm³/mol. The number of Topliss-reactive ketones (excluding diaryl/α,β-unsaturated/α-hetero) is 2. The summed E-state index contributed by atoms with van der Waals surface area (Å²) in [5.74, 6) is -12.3. The van der Waals surface area contributed by atoms with E-state index < -0.39 is 70.1 Å². The second-order valence-corrected chi connectivity index (χ2v) is 5.52. The van der Waals surface area contributed by atoms with Crippen LogP contribution in [0.1, 0.15) is 53.7 Å². The zero-order valence-electron chi connectivity index (χ0n) is 13.9. The summed E-state index contributed by atoms with van der Waals surface area (Å²) in [6.07, 6.45) is 0.0288. The average Bonchev–Trinajstić information content (AvgIpc) is 3.00. The highest BCUT2D eigenvalue weighted by Crippen LogP contribution is 2.66. The summed E-state index contributed by atoms with van der Waals surface area (Å²) >= 11 is 0. The first-order chi connectivity index (χ1) is 11.0. The maximum atomic E-state index is 14.2. The van der Waals surface area contributed by atoms with Gasteiger partial charge in [0.15, 0.2) is 23.3 Å². The molecule has 0 amide bonds. The molecule has 2 aliphatic carbocycles. The number of ketones is 2. The molecule has 0 aliphatic heterocycles. The summed E-state index contributed by atoms with van der Waals surface area (Å²) in [5.41, 5.74) is -3.39. The Morgan fingerprint density at radius 1 is 0.952 bits per heavy atom. The molecule has 1 saturated carbocycles. The van der Waals surface area contributed by atoms with Gasteiger partial charge in [-0.1, -0.05) is 0 Å². The molecule has 0 aromatic heterocycles. The van der Waals surface area contributed by atoms with Crippen molar-refractivity contribution in [2.24, 2.45) is 5.41 Å². The van der Waals surface area contributed by atoms with Gasteiger partial charge in [0.05, 0.1) is 0 Å². The molecule has 0 radical (unpaired) electrons. The van der Waals surface area contributed by atoms with Crippen molar-refractivity contribution >= 4 is 11.6 Å². The summed E-state index contributed by atoms with van der Waals surface area (Å²) in [6, 6.07) is 0. The van der Waals surface area contributed by atoms with Crippen molar-refractivity contribution in [3.05, 3.63) is 34.4 Å². The van der Waals surface area contributed by atoms with Crippen LogP contribution < -0.4 is 0 Å². The van der Waals surface area contributed by atoms with E-state index in [0.717, 1.165) is 6.92 Å². The topological polar surface area (TPSA) is 34.1 Å². The van der Waals surface area contributed by atoms with Crippen LogP contribution in [-0.4, -0.2) is 11.6 Å². The zero-order chi connectivity index (χ0) is 18.2. The molecule has 2 nitrogen and oxygen atoms in total. The maximum absolute atomic E-state index is 14.2. The second-order valence-electron chi connectivity index (χ2n) is 5.52. The van der Waals surface area contributed by atoms with Crippen molar-refractivity contribution in [3.63, 3.8) is 0 Å². The lowest BCUT2D eigenvalue weighted by molar-refractivity contribution is -0.139. The predicted octanol–water partition coefficient (Wildman–Crippen LogP) is 3.38. The van der Waals surface area contributed by atoms with E-state index in [-0.39, 0.29) is 12.8 Å². The molecule has 1 aromatic rings. The average molecular weight is 303 g/mol. The summed E-state index contributed by atoms with van der Waals surface area (Å²) in [6.45, 7) is -2.22. The first kappa shape index (κ1) is 10.9. The van der Waals surface area contributed by atoms with Gasteiger partial charge >= 0.3 is 0 Å². The number of fused-ring (bicyclic) bond motifs is 5. The molecule has 0 heterocycles. The van der Waals surface area contributed by atoms with Crippen molar-refractivity contribution in [1.82, 2.24) is 0 Å². The Bertz CT molecular complexity index is 745. The number of rotatable bonds is 2. The quantitative estimate of drug-likeness (QED) is 0.363. The monoisotopic (exact) mass is 303 g/mol. The number of carbonyl (C=O) groups excluding carboxylic acids is 2. The van der Waals surface area contributed by atoms with Crippen LogP contribution >= 0.6 is 0 Å². The summed E-state index contributed by atoms with van der Waals surface area (Å²) < 4.78 is 77.6. The molecule has 2 atom stereocenters. The molecule has 0 saturated heterocycles. The van der Waals surface area contributed by atoms with E-state index in [1.54, 1.807) is 0 Å². The van der Waals surface area contributed by atoms with Gasteiger partial charge < -0.3 is 0 Å². The lowest BCUT2D eigenvalue weighted by Crippen LogP contribution is -2.39. The highest BCUT2D eigenvalue weighted by Gasteiger charge is 2.65. The van der Waals surface area contributed by atoms with Gasteiger partial charge in [-0.05, 0) is 26.6 Å². The van der Waals surface area contributed by atoms with Crippen molar-refractivity contribution < 1.29 is 31.3 Å². The first-order valence-corrected chi connectivity index (χ1v) is 6.39. The number of halogens is 4. The van der Waals surface area contributed by atoms with E-state index in [1.807, 2.05) is 0 Å². The van der Waals surface area contributed by atoms with Gasteiger partial charge in [-0.25, -0.2) is 17.6 Å². The fourth-order valence-corrected chi connectivity index (χ4v) is 4.09. The normalized spacial score (nSPS) is 32.3. The van der Waals surface area contributed by atoms with Gasteiger partial charge in [-0.2, -0.15) is 0 Å². The van der Waals surface area contributed by atoms with E-state index in [1.165, 1.54) is 0 Å². The Morgan fingerprint density at radius 3 is 1.71 bits per heavy atom. The van der Waals surface area contributed by atoms with Crippen LogP contribution in [0.25, 0.3) is 0 Å². The lowest BCUT2D eigenvalue weighted by atomic mass is 9.70. The largest absolute Gasteiger partial charge is 0.299 e. The molecular weight excluding hydrogens is 288 g/mol. The van der Waals surface area contributed by atoms with Crippen LogP contribution in [0.15, 0.2) is 0 Å². The van der Waals surface area contributed by atoms with E-state index in [2.05, 4.69) is 0 Å². The van der Waals surface area contributed by atoms with Crippen molar-refractivity contribution in [1.29, 1.82) is 0 Å². The van der Waals surface area contributed by atoms with Crippen LogP contribution in [0.4, 0.5) is 17.6 Å². The van der Waals surface area contributed by atoms with Crippen LogP contribution in [0.2, 0.25) is 0 Å². The standard InChI is InChI=1S/C15H12F4O2/c1-5(20)15(6(2)21)7-3-4-8(15)10-9(7)11(16)13(18)14(19)12(10)17/h7-8H,3-4H2,1-2H3/i1D3. The summed E-state index contributed by atoms with van der Waals surface area (Å²) in [7, 11) is 0. The summed E-state index contributed by atoms with van der Waals surface area (Å²) in [4.78, 5) is 24.8. The number of carbonyl (C=O) groups is 2. The maximum Gasteiger partial charge on any atom is 0.197 e. The van der Waals surface area contributed by atoms with Crippen LogP contribution in [0.3, 0.4) is 0 Å². The molecule has 1 aromatic carbocycles. The highest BCUT2D eigenvalue weighted by atomic mass is 19.2. The number of hydrogen-bond donors (Lipinski definition) is 0. The van der Waals surface area contributed by atoms with Crippen LogP contribution in [-0.2, 0) is 9.59 Å². The third kappa shape index (κ3) is 1.38. The molecule has 3 rings (SSSR count). The van der Waals surface area contributed by atoms with Gasteiger partial charge in [0.25, 0.3) is 0 Å². The lowest BCUT2D eigenvalue weighted by Gasteiger charge is -2.28. The van der Waals surface area contributed by atoms with Crippen LogP contribution in [0.5, 0.6) is 0 Å². The molecule has 2 unspecified atom stereocenters. The van der Waals surface area contributed by atoms with E-state index >= 15 is 0 Å². The third-order valence-corrected chi connectivity index (χ3v) is 4.84. The molecule has 2 aliphatic rings. The van der Waals surface area contributed by atoms with Crippen molar-refractivity contribution in [2.45, 2.75) is 38.5 Å². The first-order valence-electron chi connectivity index (χ1n) is 7.89. The smallest absolute Gasteiger partial charge is 0.197 e. The van der Waals surface area contributed by atoms with E-state index in [9.17, 15) is 27.2 Å². The van der Waals surface area contributed by atoms with Crippen molar-refractivity contribution in [2.75, 3.05) is 0 Å². The van der Waals surface area contributed by atoms with Gasteiger partial charge in [-0.15, -0.1) is 0 Å². The Kier molecular flexibility index (Phi) is 2.16. The van der Waals surface area contributed by atoms with Gasteiger partial charge in [-0.3, -0.25) is 9.59 Å². The third-order valence-electron chi connectivity index (χ3n) is 4.84. The van der Waals surface area contributed by atoms with E-state index in [0.29, 0.717) is 0 Å². The molecule has 6 heteroatoms. The van der Waals surface area contributed by atoms with Crippen LogP contribution in [0, 0.1) is 28.7 Å². The molecule has 2 bridgehead atoms. The Morgan fingerprint density at radius 2 is 1.38 bits per heavy atom. The SMILES string of the molecule is [2H]C([2H])([2H])C(=O)C1(C(C)=O)C2CCC1c1c(F)c(F)c(F)c(F)c12. The fourth-order valence-electron chi connectivity index (χ4n) is 4.09. The Balaban J connectivity index is 2.36. The highest BCUT2D eigenvalue weighted by molar-refractivity contribution is 6.08. The minimum atomic E-state index is -3.18. The van der Waals surface area contributed by atoms with Gasteiger partial charge in [0.2, 0.25) is 0 Å². The molecule has 21 heavy (non-hydrogen) atoms. The molecule has 0 N–H and O–H groups in total. The van der Waals surface area contributed by atoms with Crippen molar-refractivity contribution in [3.8, 4) is 0 Å². The van der Waals surface area contributed by atoms with Gasteiger partial charge in [0, 0.05) is 27.1 Å². The Labute approximate surface area is 122 Å². The minimum Gasteiger partial charge on any atom is -0.299 e. The molecule has 0 spiro atoms. The minimum absolute atomic E-state index is 0.0144. The van der Waals surface area contributed by atoms with E-state index in [4.69, 9.17) is 4.11 Å². The number of benzene rings is 1. The summed E-state index contributed by atoms with van der Waals surface area (Å²) in [5, 5.41) is 0. The Hall–Kier alpha value is -1.72. The molecule has 1 fully saturated rings. The zero-order valence-corrected chi connectivity index (χ0v) is 10.9. The second kappa shape index (κ2) is 4.15. The van der Waals surface area contributed by atoms with Gasteiger partial charge in [0.1, 0.15) is 17.0 Å². The molecular formula is C15H12F4O2. The fraction of sp³-hybridized carbons (Fsp3) is 0.467. The number of hydrogen-bond acceptors (Lipinski definition) is 2.